The largest absolute Gasteiger partial charge is 0.394 e. The fourth-order valence-corrected chi connectivity index (χ4v) is 5.06. The Morgan fingerprint density at radius 3 is 2.44 bits per heavy atom. The molecule has 3 N–H and O–H groups in total. The highest BCUT2D eigenvalue weighted by atomic mass is 16.3. The van der Waals surface area contributed by atoms with E-state index in [4.69, 9.17) is 10.1 Å². The summed E-state index contributed by atoms with van der Waals surface area (Å²) in [5, 5.41) is 21.9. The Balaban J connectivity index is 1.50. The van der Waals surface area contributed by atoms with Gasteiger partial charge in [-0.05, 0) is 59.8 Å². The highest BCUT2D eigenvalue weighted by molar-refractivity contribution is 5.64. The van der Waals surface area contributed by atoms with E-state index in [2.05, 4.69) is 61.1 Å². The van der Waals surface area contributed by atoms with Crippen LogP contribution in [0.5, 0.6) is 0 Å². The SMILES string of the molecule is CC1(C)CCC(C)(C)c2cc(-c3ccnc(N4CCC(NCC(O)CO)CC4)n3)ccc21. The van der Waals surface area contributed by atoms with Crippen LogP contribution in [0.2, 0.25) is 0 Å². The van der Waals surface area contributed by atoms with E-state index in [-0.39, 0.29) is 17.4 Å². The number of nitrogens with one attached hydrogen (secondary N) is 1. The predicted octanol–water partition coefficient (Wildman–Crippen LogP) is 3.40. The Morgan fingerprint density at radius 2 is 1.75 bits per heavy atom. The van der Waals surface area contributed by atoms with Crippen molar-refractivity contribution in [1.29, 1.82) is 0 Å². The highest BCUT2D eigenvalue weighted by Crippen LogP contribution is 2.46. The number of piperidine rings is 1. The zero-order valence-electron chi connectivity index (χ0n) is 19.9. The quantitative estimate of drug-likeness (QED) is 0.641. The van der Waals surface area contributed by atoms with Gasteiger partial charge in [0.25, 0.3) is 0 Å². The standard InChI is InChI=1S/C26H38N4O2/c1-25(2)10-11-26(3,4)22-15-18(5-6-21(22)25)23-7-12-27-24(29-23)30-13-8-19(9-14-30)28-16-20(32)17-31/h5-7,12,15,19-20,28,31-32H,8-11,13-14,16-17H2,1-4H3. The molecule has 1 aliphatic heterocycles. The van der Waals surface area contributed by atoms with Crippen LogP contribution in [0.25, 0.3) is 11.3 Å². The maximum absolute atomic E-state index is 9.55. The lowest BCUT2D eigenvalue weighted by atomic mass is 9.63. The first-order chi connectivity index (χ1) is 15.2. The lowest BCUT2D eigenvalue weighted by molar-refractivity contribution is 0.0909. The van der Waals surface area contributed by atoms with Gasteiger partial charge in [0.1, 0.15) is 0 Å². The summed E-state index contributed by atoms with van der Waals surface area (Å²) in [6.07, 6.45) is 5.52. The van der Waals surface area contributed by atoms with Crippen LogP contribution in [-0.2, 0) is 10.8 Å². The Kier molecular flexibility index (Phi) is 6.57. The minimum Gasteiger partial charge on any atom is -0.394 e. The van der Waals surface area contributed by atoms with Crippen LogP contribution in [0.4, 0.5) is 5.95 Å². The van der Waals surface area contributed by atoms with Gasteiger partial charge in [-0.25, -0.2) is 9.97 Å². The molecule has 1 fully saturated rings. The molecule has 1 unspecified atom stereocenters. The second kappa shape index (κ2) is 9.08. The second-order valence-corrected chi connectivity index (χ2v) is 10.8. The minimum atomic E-state index is -0.694. The smallest absolute Gasteiger partial charge is 0.225 e. The van der Waals surface area contributed by atoms with Gasteiger partial charge >= 0.3 is 0 Å². The molecule has 4 rings (SSSR count). The Hall–Kier alpha value is -2.02. The molecule has 0 bridgehead atoms. The normalized spacial score (nSPS) is 21.2. The van der Waals surface area contributed by atoms with Crippen LogP contribution in [0.3, 0.4) is 0 Å². The van der Waals surface area contributed by atoms with Gasteiger partial charge in [-0.3, -0.25) is 0 Å². The number of aliphatic hydroxyl groups is 2. The zero-order valence-corrected chi connectivity index (χ0v) is 19.9. The zero-order chi connectivity index (χ0) is 22.9. The van der Waals surface area contributed by atoms with E-state index in [0.29, 0.717) is 12.6 Å². The van der Waals surface area contributed by atoms with Gasteiger partial charge in [0.15, 0.2) is 0 Å². The number of nitrogens with zero attached hydrogens (tertiary/aromatic N) is 3. The third-order valence-corrected chi connectivity index (χ3v) is 7.42. The number of aliphatic hydroxyl groups excluding tert-OH is 2. The summed E-state index contributed by atoms with van der Waals surface area (Å²) in [5.41, 5.74) is 5.44. The number of aromatic nitrogens is 2. The van der Waals surface area contributed by atoms with Crippen LogP contribution < -0.4 is 10.2 Å². The summed E-state index contributed by atoms with van der Waals surface area (Å²) in [7, 11) is 0. The summed E-state index contributed by atoms with van der Waals surface area (Å²) in [6, 6.07) is 9.24. The van der Waals surface area contributed by atoms with E-state index in [0.717, 1.165) is 43.1 Å². The minimum absolute atomic E-state index is 0.176. The predicted molar refractivity (Wildman–Crippen MR) is 129 cm³/mol. The lowest BCUT2D eigenvalue weighted by Gasteiger charge is -2.42. The molecule has 0 saturated carbocycles. The number of hydrogen-bond donors (Lipinski definition) is 3. The molecule has 2 heterocycles. The topological polar surface area (TPSA) is 81.5 Å². The molecule has 2 aliphatic rings. The lowest BCUT2D eigenvalue weighted by Crippen LogP contribution is -2.45. The third-order valence-electron chi connectivity index (χ3n) is 7.42. The average molecular weight is 439 g/mol. The van der Waals surface area contributed by atoms with Gasteiger partial charge in [-0.15, -0.1) is 0 Å². The van der Waals surface area contributed by atoms with Gasteiger partial charge in [0.05, 0.1) is 18.4 Å². The van der Waals surface area contributed by atoms with E-state index in [9.17, 15) is 5.11 Å². The molecule has 1 aromatic carbocycles. The van der Waals surface area contributed by atoms with Crippen molar-refractivity contribution in [3.63, 3.8) is 0 Å². The molecule has 0 amide bonds. The number of fused-ring (bicyclic) bond motifs is 1. The van der Waals surface area contributed by atoms with Crippen LogP contribution in [0, 0.1) is 0 Å². The van der Waals surface area contributed by atoms with Crippen LogP contribution in [0.1, 0.15) is 64.5 Å². The summed E-state index contributed by atoms with van der Waals surface area (Å²) in [5.74, 6) is 0.786. The molecule has 6 nitrogen and oxygen atoms in total. The summed E-state index contributed by atoms with van der Waals surface area (Å²) in [4.78, 5) is 11.7. The molecule has 6 heteroatoms. The molecule has 174 valence electrons. The van der Waals surface area contributed by atoms with Gasteiger partial charge in [-0.2, -0.15) is 0 Å². The molecule has 0 spiro atoms. The molecule has 1 aliphatic carbocycles. The van der Waals surface area contributed by atoms with E-state index >= 15 is 0 Å². The first kappa shape index (κ1) is 23.1. The average Bonchev–Trinajstić information content (AvgIpc) is 2.81. The van der Waals surface area contributed by atoms with E-state index < -0.39 is 6.10 Å². The Bertz CT molecular complexity index is 935. The fourth-order valence-electron chi connectivity index (χ4n) is 5.06. The monoisotopic (exact) mass is 438 g/mol. The molecule has 2 aromatic rings. The highest BCUT2D eigenvalue weighted by Gasteiger charge is 2.37. The van der Waals surface area contributed by atoms with E-state index in [1.807, 2.05) is 12.3 Å². The number of anilines is 1. The second-order valence-electron chi connectivity index (χ2n) is 10.8. The fraction of sp³-hybridized carbons (Fsp3) is 0.615. The van der Waals surface area contributed by atoms with Crippen molar-refractivity contribution in [3.05, 3.63) is 41.6 Å². The van der Waals surface area contributed by atoms with Gasteiger partial charge in [-0.1, -0.05) is 39.8 Å². The summed E-state index contributed by atoms with van der Waals surface area (Å²) >= 11 is 0. The van der Waals surface area contributed by atoms with E-state index in [1.165, 1.54) is 24.0 Å². The number of benzene rings is 1. The summed E-state index contributed by atoms with van der Waals surface area (Å²) < 4.78 is 0. The van der Waals surface area contributed by atoms with Crippen LogP contribution in [0.15, 0.2) is 30.5 Å². The maximum atomic E-state index is 9.55. The first-order valence-electron chi connectivity index (χ1n) is 12.0. The molecule has 1 atom stereocenters. The van der Waals surface area contributed by atoms with Crippen molar-refractivity contribution < 1.29 is 10.2 Å². The Labute approximate surface area is 192 Å². The molecule has 1 saturated heterocycles. The van der Waals surface area contributed by atoms with Crippen molar-refractivity contribution in [2.75, 3.05) is 31.1 Å². The number of rotatable bonds is 6. The van der Waals surface area contributed by atoms with Crippen LogP contribution in [-0.4, -0.2) is 58.6 Å². The molecule has 0 radical (unpaired) electrons. The maximum Gasteiger partial charge on any atom is 0.225 e. The van der Waals surface area contributed by atoms with Crippen molar-refractivity contribution in [2.45, 2.75) is 76.4 Å². The first-order valence-corrected chi connectivity index (χ1v) is 12.0. The van der Waals surface area contributed by atoms with Crippen molar-refractivity contribution in [1.82, 2.24) is 15.3 Å². The molecule has 1 aromatic heterocycles. The van der Waals surface area contributed by atoms with Crippen molar-refractivity contribution in [3.8, 4) is 11.3 Å². The van der Waals surface area contributed by atoms with Gasteiger partial charge in [0.2, 0.25) is 5.95 Å². The van der Waals surface area contributed by atoms with Gasteiger partial charge < -0.3 is 20.4 Å². The van der Waals surface area contributed by atoms with Crippen molar-refractivity contribution in [2.24, 2.45) is 0 Å². The number of hydrogen-bond acceptors (Lipinski definition) is 6. The Morgan fingerprint density at radius 1 is 1.06 bits per heavy atom. The molecular formula is C26H38N4O2. The van der Waals surface area contributed by atoms with Crippen molar-refractivity contribution >= 4 is 5.95 Å². The molecule has 32 heavy (non-hydrogen) atoms. The van der Waals surface area contributed by atoms with Gasteiger partial charge in [0, 0.05) is 37.4 Å². The molecular weight excluding hydrogens is 400 g/mol. The van der Waals surface area contributed by atoms with E-state index in [1.54, 1.807) is 0 Å². The van der Waals surface area contributed by atoms with Crippen LogP contribution >= 0.6 is 0 Å². The summed E-state index contributed by atoms with van der Waals surface area (Å²) in [6.45, 7) is 11.4. The third kappa shape index (κ3) is 4.82.